The molecule has 136 valence electrons. The van der Waals surface area contributed by atoms with Crippen molar-refractivity contribution in [1.82, 2.24) is 10.2 Å². The van der Waals surface area contributed by atoms with Gasteiger partial charge >= 0.3 is 0 Å². The van der Waals surface area contributed by atoms with E-state index in [9.17, 15) is 14.7 Å². The van der Waals surface area contributed by atoms with Gasteiger partial charge in [0.2, 0.25) is 11.8 Å². The van der Waals surface area contributed by atoms with E-state index in [2.05, 4.69) is 5.32 Å². The maximum Gasteiger partial charge on any atom is 0.230 e. The number of piperidine rings is 2. The number of amides is 2. The van der Waals surface area contributed by atoms with Crippen LogP contribution in [0.2, 0.25) is 5.02 Å². The van der Waals surface area contributed by atoms with Crippen LogP contribution in [0.5, 0.6) is 0 Å². The van der Waals surface area contributed by atoms with Gasteiger partial charge in [0, 0.05) is 31.1 Å². The van der Waals surface area contributed by atoms with Crippen LogP contribution in [0, 0.1) is 5.41 Å². The first-order valence-corrected chi connectivity index (χ1v) is 9.38. The largest absolute Gasteiger partial charge is 0.392 e. The van der Waals surface area contributed by atoms with Crippen molar-refractivity contribution in [2.24, 2.45) is 5.41 Å². The Labute approximate surface area is 153 Å². The number of nitrogens with zero attached hydrogens (tertiary/aromatic N) is 1. The van der Waals surface area contributed by atoms with Crippen molar-refractivity contribution in [2.75, 3.05) is 19.6 Å². The fourth-order valence-electron chi connectivity index (χ4n) is 3.91. The monoisotopic (exact) mass is 364 g/mol. The van der Waals surface area contributed by atoms with E-state index in [4.69, 9.17) is 11.6 Å². The highest BCUT2D eigenvalue weighted by Crippen LogP contribution is 2.37. The summed E-state index contributed by atoms with van der Waals surface area (Å²) in [5, 5.41) is 14.0. The number of rotatable bonds is 4. The van der Waals surface area contributed by atoms with Gasteiger partial charge in [-0.2, -0.15) is 0 Å². The molecule has 0 aliphatic carbocycles. The molecule has 5 nitrogen and oxygen atoms in total. The van der Waals surface area contributed by atoms with E-state index in [0.717, 1.165) is 24.8 Å². The number of carbonyl (C=O) groups is 2. The molecule has 0 unspecified atom stereocenters. The molecule has 0 aromatic heterocycles. The molecule has 0 saturated carbocycles. The minimum absolute atomic E-state index is 0.0682. The van der Waals surface area contributed by atoms with E-state index in [-0.39, 0.29) is 11.8 Å². The van der Waals surface area contributed by atoms with E-state index < -0.39 is 11.5 Å². The van der Waals surface area contributed by atoms with Crippen molar-refractivity contribution in [3.8, 4) is 0 Å². The van der Waals surface area contributed by atoms with E-state index in [1.807, 2.05) is 24.3 Å². The van der Waals surface area contributed by atoms with Gasteiger partial charge in [0.05, 0.1) is 11.5 Å². The third-order valence-corrected chi connectivity index (χ3v) is 5.69. The maximum atomic E-state index is 12.6. The number of nitrogens with one attached hydrogen (secondary N) is 1. The summed E-state index contributed by atoms with van der Waals surface area (Å²) in [6.45, 7) is 1.51. The highest BCUT2D eigenvalue weighted by Gasteiger charge is 2.50. The molecule has 2 heterocycles. The summed E-state index contributed by atoms with van der Waals surface area (Å²) in [4.78, 5) is 26.7. The van der Waals surface area contributed by atoms with Gasteiger partial charge in [0.25, 0.3) is 0 Å². The van der Waals surface area contributed by atoms with Crippen LogP contribution in [0.15, 0.2) is 24.3 Å². The minimum Gasteiger partial charge on any atom is -0.392 e. The van der Waals surface area contributed by atoms with Crippen LogP contribution in [-0.2, 0) is 16.0 Å². The average Bonchev–Trinajstić information content (AvgIpc) is 2.61. The van der Waals surface area contributed by atoms with E-state index in [1.54, 1.807) is 4.90 Å². The maximum absolute atomic E-state index is 12.6. The Morgan fingerprint density at radius 3 is 2.84 bits per heavy atom. The molecule has 1 spiro atoms. The lowest BCUT2D eigenvalue weighted by Gasteiger charge is -2.46. The molecule has 0 bridgehead atoms. The molecule has 1 aromatic carbocycles. The first kappa shape index (κ1) is 18.2. The summed E-state index contributed by atoms with van der Waals surface area (Å²) in [5.74, 6) is -0.0384. The molecule has 2 aliphatic heterocycles. The zero-order valence-corrected chi connectivity index (χ0v) is 15.1. The molecule has 2 fully saturated rings. The predicted octanol–water partition coefficient (Wildman–Crippen LogP) is 2.15. The smallest absolute Gasteiger partial charge is 0.230 e. The molecule has 0 radical (unpaired) electrons. The Balaban J connectivity index is 1.55. The molecule has 25 heavy (non-hydrogen) atoms. The third kappa shape index (κ3) is 3.98. The lowest BCUT2D eigenvalue weighted by Crippen LogP contribution is -2.62. The zero-order chi connectivity index (χ0) is 17.9. The van der Waals surface area contributed by atoms with Crippen LogP contribution < -0.4 is 5.32 Å². The van der Waals surface area contributed by atoms with Crippen LogP contribution >= 0.6 is 11.6 Å². The highest BCUT2D eigenvalue weighted by atomic mass is 35.5. The van der Waals surface area contributed by atoms with Gasteiger partial charge in [-0.1, -0.05) is 23.7 Å². The quantitative estimate of drug-likeness (QED) is 0.860. The molecule has 2 amide bonds. The highest BCUT2D eigenvalue weighted by molar-refractivity contribution is 6.30. The van der Waals surface area contributed by atoms with Crippen molar-refractivity contribution in [3.05, 3.63) is 34.9 Å². The number of hydrogen-bond acceptors (Lipinski definition) is 3. The standard InChI is InChI=1S/C19H25ClN2O3/c20-15-7-5-14(6-8-15)3-1-4-17(24)22-12-9-16(23)19(13-22)10-2-11-21-18(19)25/h5-8,16,23H,1-4,9-13H2,(H,21,25)/t16-,19+/m0/s1. The average molecular weight is 365 g/mol. The second kappa shape index (κ2) is 7.75. The van der Waals surface area contributed by atoms with Gasteiger partial charge in [-0.3, -0.25) is 9.59 Å². The van der Waals surface area contributed by atoms with Gasteiger partial charge in [0.1, 0.15) is 0 Å². The number of carbonyl (C=O) groups excluding carboxylic acids is 2. The lowest BCUT2D eigenvalue weighted by atomic mass is 9.71. The summed E-state index contributed by atoms with van der Waals surface area (Å²) in [7, 11) is 0. The van der Waals surface area contributed by atoms with E-state index in [1.165, 1.54) is 0 Å². The number of likely N-dealkylation sites (tertiary alicyclic amines) is 1. The van der Waals surface area contributed by atoms with E-state index >= 15 is 0 Å². The van der Waals surface area contributed by atoms with Crippen LogP contribution in [0.4, 0.5) is 0 Å². The topological polar surface area (TPSA) is 69.6 Å². The summed E-state index contributed by atoms with van der Waals surface area (Å²) in [6, 6.07) is 7.67. The molecule has 2 N–H and O–H groups in total. The van der Waals surface area contributed by atoms with Crippen LogP contribution in [-0.4, -0.2) is 47.6 Å². The van der Waals surface area contributed by atoms with Crippen LogP contribution in [0.25, 0.3) is 0 Å². The molecule has 2 saturated heterocycles. The zero-order valence-electron chi connectivity index (χ0n) is 14.3. The number of aryl methyl sites for hydroxylation is 1. The SMILES string of the molecule is O=C(CCCc1ccc(Cl)cc1)N1CC[C@H](O)[C@@]2(CCCNC2=O)C1. The molecule has 2 atom stereocenters. The van der Waals surface area contributed by atoms with Crippen molar-refractivity contribution < 1.29 is 14.7 Å². The Kier molecular flexibility index (Phi) is 5.64. The number of aliphatic hydroxyl groups is 1. The van der Waals surface area contributed by atoms with Crippen LogP contribution in [0.1, 0.15) is 37.7 Å². The second-order valence-corrected chi connectivity index (χ2v) is 7.55. The summed E-state index contributed by atoms with van der Waals surface area (Å²) >= 11 is 5.88. The van der Waals surface area contributed by atoms with Crippen molar-refractivity contribution in [2.45, 2.75) is 44.6 Å². The van der Waals surface area contributed by atoms with Gasteiger partial charge in [-0.25, -0.2) is 0 Å². The Morgan fingerprint density at radius 2 is 2.12 bits per heavy atom. The first-order valence-electron chi connectivity index (χ1n) is 9.00. The van der Waals surface area contributed by atoms with Gasteiger partial charge in [-0.05, 0) is 49.8 Å². The van der Waals surface area contributed by atoms with E-state index in [0.29, 0.717) is 43.9 Å². The predicted molar refractivity (Wildman–Crippen MR) is 96.3 cm³/mol. The third-order valence-electron chi connectivity index (χ3n) is 5.44. The summed E-state index contributed by atoms with van der Waals surface area (Å²) in [5.41, 5.74) is 0.344. The van der Waals surface area contributed by atoms with Gasteiger partial charge in [-0.15, -0.1) is 0 Å². The number of halogens is 1. The Morgan fingerprint density at radius 1 is 1.36 bits per heavy atom. The fourth-order valence-corrected chi connectivity index (χ4v) is 4.04. The molecular formula is C19H25ClN2O3. The fraction of sp³-hybridized carbons (Fsp3) is 0.579. The molecule has 3 rings (SSSR count). The number of hydrogen-bond donors (Lipinski definition) is 2. The van der Waals surface area contributed by atoms with Gasteiger partial charge in [0.15, 0.2) is 0 Å². The van der Waals surface area contributed by atoms with Gasteiger partial charge < -0.3 is 15.3 Å². The summed E-state index contributed by atoms with van der Waals surface area (Å²) < 4.78 is 0. The van der Waals surface area contributed by atoms with Crippen LogP contribution in [0.3, 0.4) is 0 Å². The molecular weight excluding hydrogens is 340 g/mol. The Hall–Kier alpha value is -1.59. The first-order chi connectivity index (χ1) is 12.0. The molecule has 1 aromatic rings. The normalized spacial score (nSPS) is 26.6. The van der Waals surface area contributed by atoms with Crippen molar-refractivity contribution >= 4 is 23.4 Å². The Bertz CT molecular complexity index is 634. The second-order valence-electron chi connectivity index (χ2n) is 7.12. The number of benzene rings is 1. The molecule has 6 heteroatoms. The van der Waals surface area contributed by atoms with Crippen molar-refractivity contribution in [3.63, 3.8) is 0 Å². The minimum atomic E-state index is -0.817. The molecule has 2 aliphatic rings. The van der Waals surface area contributed by atoms with Crippen molar-refractivity contribution in [1.29, 1.82) is 0 Å². The number of aliphatic hydroxyl groups excluding tert-OH is 1. The lowest BCUT2D eigenvalue weighted by molar-refractivity contribution is -0.154. The summed E-state index contributed by atoms with van der Waals surface area (Å²) in [6.07, 6.45) is 3.35.